The Morgan fingerprint density at radius 2 is 2.18 bits per heavy atom. The summed E-state index contributed by atoms with van der Waals surface area (Å²) in [5, 5.41) is 21.6. The number of ether oxygens (including phenoxy) is 1. The lowest BCUT2D eigenvalue weighted by Gasteiger charge is -2.09. The van der Waals surface area contributed by atoms with E-state index in [1.165, 1.54) is 0 Å². The van der Waals surface area contributed by atoms with Gasteiger partial charge in [-0.1, -0.05) is 13.0 Å². The quantitative estimate of drug-likeness (QED) is 0.604. The molecule has 0 aromatic heterocycles. The van der Waals surface area contributed by atoms with Gasteiger partial charge in [0.25, 0.3) is 0 Å². The lowest BCUT2D eigenvalue weighted by Crippen LogP contribution is -2.15. The highest BCUT2D eigenvalue weighted by Crippen LogP contribution is 2.23. The highest BCUT2D eigenvalue weighted by Gasteiger charge is 2.02. The Hall–Kier alpha value is -1.26. The maximum absolute atomic E-state index is 9.78. The Bertz CT molecular complexity index is 328. The molecule has 4 nitrogen and oxygen atoms in total. The second-order valence-corrected chi connectivity index (χ2v) is 3.89. The van der Waals surface area contributed by atoms with E-state index in [1.54, 1.807) is 6.07 Å². The number of phenols is 1. The van der Waals surface area contributed by atoms with E-state index in [-0.39, 0.29) is 12.4 Å². The minimum Gasteiger partial charge on any atom is -0.507 e. The number of hydrogen-bond donors (Lipinski definition) is 3. The molecule has 17 heavy (non-hydrogen) atoms. The van der Waals surface area contributed by atoms with Gasteiger partial charge >= 0.3 is 0 Å². The third-order valence-corrected chi connectivity index (χ3v) is 2.36. The fraction of sp³-hybridized carbons (Fsp3) is 0.538. The lowest BCUT2D eigenvalue weighted by molar-refractivity contribution is 0.286. The summed E-state index contributed by atoms with van der Waals surface area (Å²) in [6.45, 7) is 4.22. The van der Waals surface area contributed by atoms with Gasteiger partial charge in [0.15, 0.2) is 0 Å². The van der Waals surface area contributed by atoms with Crippen LogP contribution in [0.15, 0.2) is 18.2 Å². The molecule has 0 aliphatic rings. The van der Waals surface area contributed by atoms with Crippen molar-refractivity contribution in [1.82, 2.24) is 5.32 Å². The molecule has 0 aliphatic heterocycles. The number of aliphatic hydroxyl groups excluding tert-OH is 1. The third-order valence-electron chi connectivity index (χ3n) is 2.36. The van der Waals surface area contributed by atoms with Gasteiger partial charge < -0.3 is 20.3 Å². The van der Waals surface area contributed by atoms with Crippen LogP contribution in [0.5, 0.6) is 11.5 Å². The molecule has 1 rings (SSSR count). The molecule has 0 spiro atoms. The summed E-state index contributed by atoms with van der Waals surface area (Å²) >= 11 is 0. The molecular formula is C13H21NO3. The van der Waals surface area contributed by atoms with Crippen molar-refractivity contribution in [2.75, 3.05) is 19.8 Å². The van der Waals surface area contributed by atoms with Crippen molar-refractivity contribution in [3.63, 3.8) is 0 Å². The van der Waals surface area contributed by atoms with Gasteiger partial charge in [0, 0.05) is 24.8 Å². The summed E-state index contributed by atoms with van der Waals surface area (Å²) in [5.74, 6) is 0.943. The van der Waals surface area contributed by atoms with Crippen molar-refractivity contribution >= 4 is 0 Å². The number of aromatic hydroxyl groups is 1. The van der Waals surface area contributed by atoms with Gasteiger partial charge in [-0.25, -0.2) is 0 Å². The second-order valence-electron chi connectivity index (χ2n) is 3.89. The van der Waals surface area contributed by atoms with Gasteiger partial charge in [0.1, 0.15) is 11.5 Å². The van der Waals surface area contributed by atoms with Crippen LogP contribution >= 0.6 is 0 Å². The normalized spacial score (nSPS) is 10.5. The Morgan fingerprint density at radius 3 is 2.82 bits per heavy atom. The maximum atomic E-state index is 9.78. The van der Waals surface area contributed by atoms with E-state index < -0.39 is 0 Å². The van der Waals surface area contributed by atoms with Crippen molar-refractivity contribution in [3.05, 3.63) is 23.8 Å². The molecule has 0 fully saturated rings. The SMILES string of the molecule is CCCOc1ccc(CNCCCO)c(O)c1. The number of nitrogens with one attached hydrogen (secondary N) is 1. The zero-order valence-electron chi connectivity index (χ0n) is 10.3. The molecule has 0 amide bonds. The van der Waals surface area contributed by atoms with Gasteiger partial charge in [-0.2, -0.15) is 0 Å². The molecule has 3 N–H and O–H groups in total. The Morgan fingerprint density at radius 1 is 1.35 bits per heavy atom. The predicted octanol–water partition coefficient (Wildman–Crippen LogP) is 1.65. The number of rotatable bonds is 8. The highest BCUT2D eigenvalue weighted by molar-refractivity contribution is 5.39. The zero-order chi connectivity index (χ0) is 12.5. The standard InChI is InChI=1S/C13H21NO3/c1-2-8-17-12-5-4-11(13(16)9-12)10-14-6-3-7-15/h4-5,9,14-16H,2-3,6-8,10H2,1H3. The summed E-state index contributed by atoms with van der Waals surface area (Å²) in [7, 11) is 0. The molecule has 1 aromatic rings. The molecule has 0 saturated carbocycles. The molecule has 0 saturated heterocycles. The van der Waals surface area contributed by atoms with Crippen LogP contribution in [0.25, 0.3) is 0 Å². The summed E-state index contributed by atoms with van der Waals surface area (Å²) < 4.78 is 5.42. The van der Waals surface area contributed by atoms with Crippen LogP contribution in [0.2, 0.25) is 0 Å². The van der Waals surface area contributed by atoms with Crippen LogP contribution in [-0.4, -0.2) is 30.0 Å². The van der Waals surface area contributed by atoms with E-state index in [1.807, 2.05) is 19.1 Å². The highest BCUT2D eigenvalue weighted by atomic mass is 16.5. The Labute approximate surface area is 102 Å². The number of aliphatic hydroxyl groups is 1. The fourth-order valence-electron chi connectivity index (χ4n) is 1.43. The van der Waals surface area contributed by atoms with E-state index in [0.29, 0.717) is 18.9 Å². The second kappa shape index (κ2) is 7.92. The van der Waals surface area contributed by atoms with Gasteiger partial charge in [-0.05, 0) is 25.5 Å². The number of benzene rings is 1. The van der Waals surface area contributed by atoms with E-state index in [4.69, 9.17) is 9.84 Å². The summed E-state index contributed by atoms with van der Waals surface area (Å²) in [4.78, 5) is 0. The van der Waals surface area contributed by atoms with Gasteiger partial charge in [0.2, 0.25) is 0 Å². The van der Waals surface area contributed by atoms with E-state index in [9.17, 15) is 5.11 Å². The van der Waals surface area contributed by atoms with Gasteiger partial charge in [0.05, 0.1) is 6.61 Å². The average Bonchev–Trinajstić information content (AvgIpc) is 2.34. The first-order chi connectivity index (χ1) is 8.27. The molecule has 0 radical (unpaired) electrons. The summed E-state index contributed by atoms with van der Waals surface area (Å²) in [6, 6.07) is 5.35. The summed E-state index contributed by atoms with van der Waals surface area (Å²) in [5.41, 5.74) is 0.840. The monoisotopic (exact) mass is 239 g/mol. The molecule has 0 atom stereocenters. The van der Waals surface area contributed by atoms with Crippen molar-refractivity contribution in [1.29, 1.82) is 0 Å². The first-order valence-corrected chi connectivity index (χ1v) is 6.04. The van der Waals surface area contributed by atoms with Gasteiger partial charge in [-0.15, -0.1) is 0 Å². The molecule has 0 heterocycles. The molecule has 96 valence electrons. The molecule has 0 unspecified atom stereocenters. The van der Waals surface area contributed by atoms with E-state index >= 15 is 0 Å². The van der Waals surface area contributed by atoms with Crippen LogP contribution in [0.1, 0.15) is 25.3 Å². The van der Waals surface area contributed by atoms with Crippen LogP contribution in [0.4, 0.5) is 0 Å². The smallest absolute Gasteiger partial charge is 0.123 e. The van der Waals surface area contributed by atoms with Crippen LogP contribution in [0, 0.1) is 0 Å². The molecule has 0 bridgehead atoms. The number of phenolic OH excluding ortho intramolecular Hbond substituents is 1. The van der Waals surface area contributed by atoms with Crippen molar-refractivity contribution < 1.29 is 14.9 Å². The van der Waals surface area contributed by atoms with Crippen molar-refractivity contribution in [3.8, 4) is 11.5 Å². The molecular weight excluding hydrogens is 218 g/mol. The fourth-order valence-corrected chi connectivity index (χ4v) is 1.43. The third kappa shape index (κ3) is 5.06. The average molecular weight is 239 g/mol. The van der Waals surface area contributed by atoms with Crippen LogP contribution < -0.4 is 10.1 Å². The molecule has 1 aromatic carbocycles. The molecule has 0 aliphatic carbocycles. The Balaban J connectivity index is 2.45. The van der Waals surface area contributed by atoms with E-state index in [2.05, 4.69) is 5.32 Å². The number of hydrogen-bond acceptors (Lipinski definition) is 4. The van der Waals surface area contributed by atoms with Crippen LogP contribution in [0.3, 0.4) is 0 Å². The molecule has 4 heteroatoms. The van der Waals surface area contributed by atoms with Gasteiger partial charge in [-0.3, -0.25) is 0 Å². The largest absolute Gasteiger partial charge is 0.507 e. The minimum absolute atomic E-state index is 0.183. The zero-order valence-corrected chi connectivity index (χ0v) is 10.3. The first-order valence-electron chi connectivity index (χ1n) is 6.04. The minimum atomic E-state index is 0.183. The lowest BCUT2D eigenvalue weighted by atomic mass is 10.2. The van der Waals surface area contributed by atoms with Crippen molar-refractivity contribution in [2.45, 2.75) is 26.3 Å². The maximum Gasteiger partial charge on any atom is 0.123 e. The Kier molecular flexibility index (Phi) is 6.43. The predicted molar refractivity (Wildman–Crippen MR) is 67.3 cm³/mol. The summed E-state index contributed by atoms with van der Waals surface area (Å²) in [6.07, 6.45) is 1.67. The van der Waals surface area contributed by atoms with E-state index in [0.717, 1.165) is 24.9 Å². The van der Waals surface area contributed by atoms with Crippen molar-refractivity contribution in [2.24, 2.45) is 0 Å². The van der Waals surface area contributed by atoms with Crippen LogP contribution in [-0.2, 0) is 6.54 Å². The topological polar surface area (TPSA) is 61.7 Å². The first kappa shape index (κ1) is 13.8.